The second-order valence-corrected chi connectivity index (χ2v) is 6.92. The minimum Gasteiger partial charge on any atom is -0.469 e. The fourth-order valence-corrected chi connectivity index (χ4v) is 3.74. The highest BCUT2D eigenvalue weighted by Crippen LogP contribution is 2.41. The summed E-state index contributed by atoms with van der Waals surface area (Å²) in [6, 6.07) is 9.44. The van der Waals surface area contributed by atoms with Crippen LogP contribution in [-0.2, 0) is 27.3 Å². The predicted octanol–water partition coefficient (Wildman–Crippen LogP) is 1.91. The van der Waals surface area contributed by atoms with Gasteiger partial charge >= 0.3 is 0 Å². The first-order chi connectivity index (χ1) is 12.3. The van der Waals surface area contributed by atoms with E-state index in [-0.39, 0.29) is 11.3 Å². The molecular formula is C19H22N2O4. The number of carbonyl (C=O) groups is 1. The summed E-state index contributed by atoms with van der Waals surface area (Å²) in [5.41, 5.74) is 0.811. The van der Waals surface area contributed by atoms with E-state index in [0.717, 1.165) is 12.2 Å². The Morgan fingerprint density at radius 1 is 1.36 bits per heavy atom. The van der Waals surface area contributed by atoms with Crippen LogP contribution in [0.5, 0.6) is 0 Å². The minimum atomic E-state index is -0.104. The molecule has 2 saturated heterocycles. The zero-order valence-corrected chi connectivity index (χ0v) is 14.1. The van der Waals surface area contributed by atoms with Crippen molar-refractivity contribution in [1.29, 1.82) is 0 Å². The first kappa shape index (κ1) is 16.3. The summed E-state index contributed by atoms with van der Waals surface area (Å²) in [7, 11) is 0. The van der Waals surface area contributed by atoms with Gasteiger partial charge in [-0.25, -0.2) is 0 Å². The van der Waals surface area contributed by atoms with Gasteiger partial charge in [-0.15, -0.1) is 0 Å². The van der Waals surface area contributed by atoms with Crippen molar-refractivity contribution < 1.29 is 18.7 Å². The molecule has 0 aromatic carbocycles. The molecule has 2 atom stereocenters. The number of carbonyl (C=O) groups excluding carboxylic acids is 1. The zero-order valence-electron chi connectivity index (χ0n) is 14.1. The molecule has 2 aliphatic heterocycles. The molecule has 2 fully saturated rings. The molecule has 0 unspecified atom stereocenters. The van der Waals surface area contributed by atoms with E-state index in [1.54, 1.807) is 12.5 Å². The van der Waals surface area contributed by atoms with Crippen LogP contribution >= 0.6 is 0 Å². The number of hydrogen-bond donors (Lipinski definition) is 0. The summed E-state index contributed by atoms with van der Waals surface area (Å²) in [6.07, 6.45) is 3.68. The fraction of sp³-hybridized carbons (Fsp3) is 0.474. The second-order valence-electron chi connectivity index (χ2n) is 6.92. The molecule has 4 rings (SSSR count). The number of hydrogen-bond acceptors (Lipinski definition) is 5. The van der Waals surface area contributed by atoms with Gasteiger partial charge in [0.2, 0.25) is 5.91 Å². The molecule has 4 heterocycles. The van der Waals surface area contributed by atoms with Crippen molar-refractivity contribution in [3.05, 3.63) is 54.2 Å². The molecule has 0 radical (unpaired) electrons. The Morgan fingerprint density at radius 3 is 3.12 bits per heavy atom. The maximum Gasteiger partial charge on any atom is 0.230 e. The van der Waals surface area contributed by atoms with E-state index in [2.05, 4.69) is 4.98 Å². The molecule has 0 spiro atoms. The van der Waals surface area contributed by atoms with Crippen LogP contribution in [0.2, 0.25) is 0 Å². The molecule has 0 N–H and O–H groups in total. The first-order valence-electron chi connectivity index (χ1n) is 8.61. The highest BCUT2D eigenvalue weighted by atomic mass is 16.5. The summed E-state index contributed by atoms with van der Waals surface area (Å²) in [5.74, 6) is 1.14. The van der Waals surface area contributed by atoms with Gasteiger partial charge in [0.1, 0.15) is 5.76 Å². The van der Waals surface area contributed by atoms with Crippen molar-refractivity contribution >= 4 is 5.91 Å². The van der Waals surface area contributed by atoms with Crippen LogP contribution < -0.4 is 0 Å². The van der Waals surface area contributed by atoms with E-state index in [1.807, 2.05) is 35.2 Å². The summed E-state index contributed by atoms with van der Waals surface area (Å²) in [6.45, 7) is 3.81. The van der Waals surface area contributed by atoms with Crippen molar-refractivity contribution in [3.8, 4) is 0 Å². The summed E-state index contributed by atoms with van der Waals surface area (Å²) < 4.78 is 16.9. The highest BCUT2D eigenvalue weighted by Gasteiger charge is 2.51. The van der Waals surface area contributed by atoms with Gasteiger partial charge in [-0.1, -0.05) is 6.07 Å². The third-order valence-electron chi connectivity index (χ3n) is 5.14. The molecule has 2 aromatic heterocycles. The largest absolute Gasteiger partial charge is 0.469 e. The average molecular weight is 342 g/mol. The number of likely N-dealkylation sites (tertiary alicyclic amines) is 1. The molecule has 6 heteroatoms. The summed E-state index contributed by atoms with van der Waals surface area (Å²) in [4.78, 5) is 18.8. The van der Waals surface area contributed by atoms with E-state index >= 15 is 0 Å². The molecule has 0 aliphatic carbocycles. The molecule has 2 aliphatic rings. The van der Waals surface area contributed by atoms with Gasteiger partial charge in [-0.2, -0.15) is 0 Å². The molecular weight excluding hydrogens is 320 g/mol. The summed E-state index contributed by atoms with van der Waals surface area (Å²) in [5, 5.41) is 0. The molecule has 1 amide bonds. The smallest absolute Gasteiger partial charge is 0.230 e. The van der Waals surface area contributed by atoms with Gasteiger partial charge in [0.15, 0.2) is 0 Å². The van der Waals surface area contributed by atoms with E-state index in [1.165, 1.54) is 0 Å². The Kier molecular flexibility index (Phi) is 4.55. The molecule has 132 valence electrons. The fourth-order valence-electron chi connectivity index (χ4n) is 3.74. The average Bonchev–Trinajstić information content (AvgIpc) is 3.31. The van der Waals surface area contributed by atoms with Crippen LogP contribution in [0.15, 0.2) is 47.2 Å². The van der Waals surface area contributed by atoms with E-state index in [4.69, 9.17) is 13.9 Å². The zero-order chi connectivity index (χ0) is 17.1. The quantitative estimate of drug-likeness (QED) is 0.802. The molecule has 6 nitrogen and oxygen atoms in total. The minimum absolute atomic E-state index is 0.104. The lowest BCUT2D eigenvalue weighted by molar-refractivity contribution is -0.130. The molecule has 25 heavy (non-hydrogen) atoms. The van der Waals surface area contributed by atoms with Gasteiger partial charge in [-0.05, 0) is 24.3 Å². The first-order valence-corrected chi connectivity index (χ1v) is 8.61. The van der Waals surface area contributed by atoms with Crippen LogP contribution in [-0.4, -0.2) is 48.7 Å². The Balaban J connectivity index is 1.36. The SMILES string of the molecule is O=C(Cc1ccco1)N1C[C@@H]2COC[C@]2(COCc2ccccn2)C1. The number of rotatable bonds is 6. The third-order valence-corrected chi connectivity index (χ3v) is 5.14. The number of furan rings is 1. The van der Waals surface area contributed by atoms with E-state index in [9.17, 15) is 4.79 Å². The van der Waals surface area contributed by atoms with Crippen LogP contribution in [0.3, 0.4) is 0 Å². The van der Waals surface area contributed by atoms with E-state index in [0.29, 0.717) is 51.1 Å². The Bertz CT molecular complexity index is 703. The van der Waals surface area contributed by atoms with Crippen LogP contribution in [0, 0.1) is 11.3 Å². The van der Waals surface area contributed by atoms with Gasteiger partial charge in [0.05, 0.1) is 44.8 Å². The number of fused-ring (bicyclic) bond motifs is 1. The van der Waals surface area contributed by atoms with Crippen LogP contribution in [0.1, 0.15) is 11.5 Å². The molecule has 0 bridgehead atoms. The van der Waals surface area contributed by atoms with Gasteiger partial charge in [-0.3, -0.25) is 9.78 Å². The maximum absolute atomic E-state index is 12.6. The lowest BCUT2D eigenvalue weighted by Gasteiger charge is -2.26. The lowest BCUT2D eigenvalue weighted by atomic mass is 9.82. The topological polar surface area (TPSA) is 64.8 Å². The lowest BCUT2D eigenvalue weighted by Crippen LogP contribution is -2.37. The molecule has 0 saturated carbocycles. The Labute approximate surface area is 146 Å². The maximum atomic E-state index is 12.6. The number of nitrogens with zero attached hydrogens (tertiary/aromatic N) is 2. The van der Waals surface area contributed by atoms with Crippen molar-refractivity contribution in [2.45, 2.75) is 13.0 Å². The second kappa shape index (κ2) is 6.98. The monoisotopic (exact) mass is 342 g/mol. The van der Waals surface area contributed by atoms with E-state index < -0.39 is 0 Å². The number of ether oxygens (including phenoxy) is 2. The standard InChI is InChI=1S/C19H22N2O4/c22-18(8-17-5-3-7-25-17)21-9-15-10-23-13-19(15,12-21)14-24-11-16-4-1-2-6-20-16/h1-7,15H,8-14H2/t15-,19+/m1/s1. The molecule has 2 aromatic rings. The third kappa shape index (κ3) is 3.45. The van der Waals surface area contributed by atoms with Gasteiger partial charge < -0.3 is 18.8 Å². The van der Waals surface area contributed by atoms with Crippen molar-refractivity contribution in [2.75, 3.05) is 32.9 Å². The number of aromatic nitrogens is 1. The Morgan fingerprint density at radius 2 is 2.32 bits per heavy atom. The van der Waals surface area contributed by atoms with Crippen molar-refractivity contribution in [3.63, 3.8) is 0 Å². The van der Waals surface area contributed by atoms with Gasteiger partial charge in [0.25, 0.3) is 0 Å². The van der Waals surface area contributed by atoms with Crippen LogP contribution in [0.4, 0.5) is 0 Å². The normalized spacial score (nSPS) is 25.3. The van der Waals surface area contributed by atoms with Crippen molar-refractivity contribution in [2.24, 2.45) is 11.3 Å². The number of pyridine rings is 1. The van der Waals surface area contributed by atoms with Crippen molar-refractivity contribution in [1.82, 2.24) is 9.88 Å². The highest BCUT2D eigenvalue weighted by molar-refractivity contribution is 5.78. The van der Waals surface area contributed by atoms with Gasteiger partial charge in [0, 0.05) is 30.6 Å². The Hall–Kier alpha value is -2.18. The number of amides is 1. The summed E-state index contributed by atoms with van der Waals surface area (Å²) >= 11 is 0. The van der Waals surface area contributed by atoms with Crippen LogP contribution in [0.25, 0.3) is 0 Å². The predicted molar refractivity (Wildman–Crippen MR) is 89.6 cm³/mol.